The van der Waals surface area contributed by atoms with Gasteiger partial charge in [-0.2, -0.15) is 0 Å². The Morgan fingerprint density at radius 3 is 3.00 bits per heavy atom. The summed E-state index contributed by atoms with van der Waals surface area (Å²) in [5.74, 6) is 0. The molecule has 1 aromatic heterocycles. The molecule has 2 N–H and O–H groups in total. The summed E-state index contributed by atoms with van der Waals surface area (Å²) in [4.78, 5) is 4.30. The van der Waals surface area contributed by atoms with E-state index in [0.717, 1.165) is 22.2 Å². The molecule has 72 valence electrons. The van der Waals surface area contributed by atoms with Crippen LogP contribution < -0.4 is 5.73 Å². The number of nitrogen functional groups attached to an aromatic ring is 1. The maximum absolute atomic E-state index is 5.84. The van der Waals surface area contributed by atoms with Gasteiger partial charge in [-0.05, 0) is 6.07 Å². The zero-order valence-electron chi connectivity index (χ0n) is 8.03. The first-order chi connectivity index (χ1) is 6.83. The average molecular weight is 188 g/mol. The summed E-state index contributed by atoms with van der Waals surface area (Å²) in [7, 11) is 1.67. The van der Waals surface area contributed by atoms with Crippen LogP contribution in [0.1, 0.15) is 5.56 Å². The minimum absolute atomic E-state index is 0.563. The van der Waals surface area contributed by atoms with Gasteiger partial charge in [-0.15, -0.1) is 0 Å². The van der Waals surface area contributed by atoms with Crippen LogP contribution in [0.3, 0.4) is 0 Å². The fraction of sp³-hybridized carbons (Fsp3) is 0.182. The fourth-order valence-electron chi connectivity index (χ4n) is 1.53. The van der Waals surface area contributed by atoms with E-state index < -0.39 is 0 Å². The highest BCUT2D eigenvalue weighted by Crippen LogP contribution is 2.21. The third kappa shape index (κ3) is 1.42. The van der Waals surface area contributed by atoms with Crippen LogP contribution in [0.25, 0.3) is 10.9 Å². The van der Waals surface area contributed by atoms with Gasteiger partial charge in [0.05, 0.1) is 12.1 Å². The average Bonchev–Trinajstić information content (AvgIpc) is 2.20. The minimum Gasteiger partial charge on any atom is -0.398 e. The van der Waals surface area contributed by atoms with Crippen molar-refractivity contribution in [2.75, 3.05) is 12.8 Å². The maximum Gasteiger partial charge on any atom is 0.0777 e. The van der Waals surface area contributed by atoms with Gasteiger partial charge in [0.2, 0.25) is 0 Å². The molecule has 0 saturated heterocycles. The molecule has 0 unspecified atom stereocenters. The van der Waals surface area contributed by atoms with Crippen LogP contribution in [0, 0.1) is 0 Å². The van der Waals surface area contributed by atoms with Crippen molar-refractivity contribution in [3.63, 3.8) is 0 Å². The fourth-order valence-corrected chi connectivity index (χ4v) is 1.53. The number of nitrogens with zero attached hydrogens (tertiary/aromatic N) is 1. The predicted octanol–water partition coefficient (Wildman–Crippen LogP) is 1.96. The van der Waals surface area contributed by atoms with Crippen molar-refractivity contribution in [3.8, 4) is 0 Å². The monoisotopic (exact) mass is 188 g/mol. The molecule has 14 heavy (non-hydrogen) atoms. The summed E-state index contributed by atoms with van der Waals surface area (Å²) in [6.07, 6.45) is 1.72. The van der Waals surface area contributed by atoms with Crippen molar-refractivity contribution in [1.29, 1.82) is 0 Å². The molecule has 0 atom stereocenters. The van der Waals surface area contributed by atoms with Gasteiger partial charge < -0.3 is 10.5 Å². The summed E-state index contributed by atoms with van der Waals surface area (Å²) in [6, 6.07) is 7.74. The van der Waals surface area contributed by atoms with E-state index in [1.165, 1.54) is 0 Å². The molecule has 0 aliphatic heterocycles. The van der Waals surface area contributed by atoms with E-state index in [9.17, 15) is 0 Å². The Morgan fingerprint density at radius 1 is 1.36 bits per heavy atom. The van der Waals surface area contributed by atoms with E-state index in [-0.39, 0.29) is 0 Å². The molecule has 0 bridgehead atoms. The number of hydrogen-bond acceptors (Lipinski definition) is 3. The van der Waals surface area contributed by atoms with Gasteiger partial charge in [0.15, 0.2) is 0 Å². The maximum atomic E-state index is 5.84. The number of anilines is 1. The van der Waals surface area contributed by atoms with E-state index in [2.05, 4.69) is 4.98 Å². The van der Waals surface area contributed by atoms with Crippen LogP contribution in [0.4, 0.5) is 5.69 Å². The predicted molar refractivity (Wildman–Crippen MR) is 56.9 cm³/mol. The number of nitrogens with two attached hydrogens (primary N) is 1. The molecule has 1 aromatic carbocycles. The van der Waals surface area contributed by atoms with Gasteiger partial charge in [0, 0.05) is 29.9 Å². The lowest BCUT2D eigenvalue weighted by Crippen LogP contribution is -1.94. The normalized spacial score (nSPS) is 10.6. The van der Waals surface area contributed by atoms with E-state index >= 15 is 0 Å². The first-order valence-electron chi connectivity index (χ1n) is 4.44. The SMILES string of the molecule is COCc1cccc2c(N)ccnc12. The smallest absolute Gasteiger partial charge is 0.0777 e. The number of ether oxygens (including phenoxy) is 1. The Morgan fingerprint density at radius 2 is 2.21 bits per heavy atom. The van der Waals surface area contributed by atoms with Crippen LogP contribution in [0.2, 0.25) is 0 Å². The van der Waals surface area contributed by atoms with Crippen molar-refractivity contribution >= 4 is 16.6 Å². The summed E-state index contributed by atoms with van der Waals surface area (Å²) in [5.41, 5.74) is 8.59. The zero-order chi connectivity index (χ0) is 9.97. The summed E-state index contributed by atoms with van der Waals surface area (Å²) in [5, 5.41) is 0.988. The van der Waals surface area contributed by atoms with E-state index in [0.29, 0.717) is 6.61 Å². The molecule has 1 heterocycles. The van der Waals surface area contributed by atoms with E-state index in [1.54, 1.807) is 19.4 Å². The molecule has 0 aliphatic rings. The molecule has 3 heteroatoms. The van der Waals surface area contributed by atoms with Crippen LogP contribution >= 0.6 is 0 Å². The highest BCUT2D eigenvalue weighted by molar-refractivity contribution is 5.91. The van der Waals surface area contributed by atoms with Crippen molar-refractivity contribution in [3.05, 3.63) is 36.0 Å². The third-order valence-corrected chi connectivity index (χ3v) is 2.19. The van der Waals surface area contributed by atoms with Gasteiger partial charge in [0.25, 0.3) is 0 Å². The van der Waals surface area contributed by atoms with Gasteiger partial charge in [-0.25, -0.2) is 0 Å². The molecule has 2 rings (SSSR count). The number of methoxy groups -OCH3 is 1. The Kier molecular flexibility index (Phi) is 2.33. The van der Waals surface area contributed by atoms with Crippen LogP contribution in [-0.2, 0) is 11.3 Å². The Balaban J connectivity index is 2.68. The standard InChI is InChI=1S/C11H12N2O/c1-14-7-8-3-2-4-9-10(12)5-6-13-11(8)9/h2-6H,7H2,1H3,(H2,12,13). The summed E-state index contributed by atoms with van der Waals surface area (Å²) >= 11 is 0. The zero-order valence-corrected chi connectivity index (χ0v) is 8.03. The van der Waals surface area contributed by atoms with Crippen LogP contribution in [-0.4, -0.2) is 12.1 Å². The van der Waals surface area contributed by atoms with Crippen molar-refractivity contribution in [2.45, 2.75) is 6.61 Å². The molecule has 0 aliphatic carbocycles. The highest BCUT2D eigenvalue weighted by atomic mass is 16.5. The second-order valence-corrected chi connectivity index (χ2v) is 3.15. The first kappa shape index (κ1) is 8.97. The van der Waals surface area contributed by atoms with Gasteiger partial charge in [0.1, 0.15) is 0 Å². The molecule has 0 saturated carbocycles. The lowest BCUT2D eigenvalue weighted by atomic mass is 10.1. The first-order valence-corrected chi connectivity index (χ1v) is 4.44. The molecule has 0 spiro atoms. The van der Waals surface area contributed by atoms with Crippen molar-refractivity contribution in [2.24, 2.45) is 0 Å². The quantitative estimate of drug-likeness (QED) is 0.783. The minimum atomic E-state index is 0.563. The molecular weight excluding hydrogens is 176 g/mol. The lowest BCUT2D eigenvalue weighted by molar-refractivity contribution is 0.186. The van der Waals surface area contributed by atoms with E-state index in [4.69, 9.17) is 10.5 Å². The number of hydrogen-bond donors (Lipinski definition) is 1. The Bertz CT molecular complexity index is 454. The number of rotatable bonds is 2. The van der Waals surface area contributed by atoms with Gasteiger partial charge in [-0.3, -0.25) is 4.98 Å². The number of aromatic nitrogens is 1. The molecule has 0 amide bonds. The van der Waals surface area contributed by atoms with Gasteiger partial charge in [-0.1, -0.05) is 18.2 Å². The van der Waals surface area contributed by atoms with Gasteiger partial charge >= 0.3 is 0 Å². The topological polar surface area (TPSA) is 48.1 Å². The highest BCUT2D eigenvalue weighted by Gasteiger charge is 2.03. The van der Waals surface area contributed by atoms with Crippen LogP contribution in [0.15, 0.2) is 30.5 Å². The molecule has 0 fully saturated rings. The Hall–Kier alpha value is -1.61. The number of pyridine rings is 1. The Labute approximate surface area is 82.5 Å². The third-order valence-electron chi connectivity index (χ3n) is 2.19. The van der Waals surface area contributed by atoms with Crippen LogP contribution in [0.5, 0.6) is 0 Å². The number of benzene rings is 1. The lowest BCUT2D eigenvalue weighted by Gasteiger charge is -2.05. The summed E-state index contributed by atoms with van der Waals surface area (Å²) < 4.78 is 5.10. The molecule has 3 nitrogen and oxygen atoms in total. The number of fused-ring (bicyclic) bond motifs is 1. The summed E-state index contributed by atoms with van der Waals surface area (Å²) in [6.45, 7) is 0.563. The number of para-hydroxylation sites is 1. The largest absolute Gasteiger partial charge is 0.398 e. The molecule has 2 aromatic rings. The molecular formula is C11H12N2O. The second kappa shape index (κ2) is 3.64. The van der Waals surface area contributed by atoms with Crippen molar-refractivity contribution < 1.29 is 4.74 Å². The van der Waals surface area contributed by atoms with Crippen molar-refractivity contribution in [1.82, 2.24) is 4.98 Å². The molecule has 0 radical (unpaired) electrons. The second-order valence-electron chi connectivity index (χ2n) is 3.15. The van der Waals surface area contributed by atoms with E-state index in [1.807, 2.05) is 18.2 Å².